The molecule has 2 fully saturated rings. The van der Waals surface area contributed by atoms with Gasteiger partial charge in [0, 0.05) is 24.7 Å². The summed E-state index contributed by atoms with van der Waals surface area (Å²) < 4.78 is 0. The predicted molar refractivity (Wildman–Crippen MR) is 52.4 cm³/mol. The van der Waals surface area contributed by atoms with Crippen LogP contribution in [0.1, 0.15) is 26.7 Å². The lowest BCUT2D eigenvalue weighted by molar-refractivity contribution is 0.0835. The van der Waals surface area contributed by atoms with Crippen molar-refractivity contribution in [2.45, 2.75) is 44.4 Å². The lowest BCUT2D eigenvalue weighted by Crippen LogP contribution is -2.54. The Morgan fingerprint density at radius 3 is 2.69 bits per heavy atom. The fraction of sp³-hybridized carbons (Fsp3) is 1.00. The molecule has 1 saturated carbocycles. The van der Waals surface area contributed by atoms with E-state index in [0.29, 0.717) is 12.0 Å². The number of hydrogen-bond donors (Lipinski definition) is 2. The van der Waals surface area contributed by atoms with Gasteiger partial charge in [0.05, 0.1) is 6.10 Å². The van der Waals surface area contributed by atoms with Crippen molar-refractivity contribution in [3.8, 4) is 0 Å². The minimum absolute atomic E-state index is 0.105. The third kappa shape index (κ3) is 1.60. The number of nitrogens with two attached hydrogens (primary N) is 1. The highest BCUT2D eigenvalue weighted by atomic mass is 16.3. The molecule has 76 valence electrons. The number of piperidine rings is 1. The molecule has 3 atom stereocenters. The number of hydrogen-bond acceptors (Lipinski definition) is 3. The van der Waals surface area contributed by atoms with E-state index >= 15 is 0 Å². The van der Waals surface area contributed by atoms with Crippen molar-refractivity contribution in [1.82, 2.24) is 4.90 Å². The number of nitrogens with zero attached hydrogens (tertiary/aromatic N) is 1. The lowest BCUT2D eigenvalue weighted by Gasteiger charge is -2.39. The second-order valence-electron chi connectivity index (χ2n) is 5.12. The van der Waals surface area contributed by atoms with E-state index < -0.39 is 0 Å². The molecule has 0 aromatic carbocycles. The summed E-state index contributed by atoms with van der Waals surface area (Å²) in [6.07, 6.45) is 1.65. The molecule has 0 radical (unpaired) electrons. The molecule has 1 heterocycles. The van der Waals surface area contributed by atoms with E-state index in [2.05, 4.69) is 18.7 Å². The molecule has 3 N–H and O–H groups in total. The van der Waals surface area contributed by atoms with E-state index in [1.165, 1.54) is 0 Å². The van der Waals surface area contributed by atoms with Crippen LogP contribution in [-0.2, 0) is 0 Å². The van der Waals surface area contributed by atoms with Gasteiger partial charge in [-0.05, 0) is 32.6 Å². The first kappa shape index (κ1) is 9.44. The van der Waals surface area contributed by atoms with Gasteiger partial charge in [-0.25, -0.2) is 0 Å². The van der Waals surface area contributed by atoms with Crippen LogP contribution in [0.15, 0.2) is 0 Å². The molecule has 0 aromatic heterocycles. The molecule has 2 bridgehead atoms. The second kappa shape index (κ2) is 2.94. The van der Waals surface area contributed by atoms with Gasteiger partial charge in [-0.3, -0.25) is 4.90 Å². The van der Waals surface area contributed by atoms with Gasteiger partial charge in [-0.15, -0.1) is 0 Å². The summed E-state index contributed by atoms with van der Waals surface area (Å²) in [6, 6.07) is 0.552. The third-order valence-electron chi connectivity index (χ3n) is 3.55. The van der Waals surface area contributed by atoms with Crippen molar-refractivity contribution in [2.24, 2.45) is 11.7 Å². The summed E-state index contributed by atoms with van der Waals surface area (Å²) >= 11 is 0. The lowest BCUT2D eigenvalue weighted by atomic mass is 9.91. The fourth-order valence-corrected chi connectivity index (χ4v) is 2.80. The molecule has 1 saturated heterocycles. The van der Waals surface area contributed by atoms with Gasteiger partial charge in [-0.1, -0.05) is 0 Å². The van der Waals surface area contributed by atoms with Gasteiger partial charge in [-0.2, -0.15) is 0 Å². The number of aliphatic hydroxyl groups is 1. The predicted octanol–water partition coefficient (Wildman–Crippen LogP) is 0.179. The molecule has 2 rings (SSSR count). The van der Waals surface area contributed by atoms with Crippen LogP contribution in [-0.4, -0.2) is 40.8 Å². The average Bonchev–Trinajstić information content (AvgIpc) is 2.20. The first-order valence-electron chi connectivity index (χ1n) is 5.21. The third-order valence-corrected chi connectivity index (χ3v) is 3.55. The number of likely N-dealkylation sites (tertiary alicyclic amines) is 1. The number of rotatable bonds is 1. The standard InChI is InChI=1S/C10H20N2O/c1-7(2)12-5-8-3-10(11,6-12)4-9(8)13/h7-9,13H,3-6,11H2,1-2H3/t8-,9-,10+/m0/s1. The van der Waals surface area contributed by atoms with Crippen molar-refractivity contribution in [1.29, 1.82) is 0 Å². The van der Waals surface area contributed by atoms with Crippen molar-refractivity contribution in [2.75, 3.05) is 13.1 Å². The molecular formula is C10H20N2O. The van der Waals surface area contributed by atoms with E-state index in [0.717, 1.165) is 25.9 Å². The molecule has 0 aromatic rings. The van der Waals surface area contributed by atoms with Crippen molar-refractivity contribution in [3.05, 3.63) is 0 Å². The molecule has 1 aliphatic heterocycles. The molecule has 3 nitrogen and oxygen atoms in total. The molecule has 13 heavy (non-hydrogen) atoms. The highest BCUT2D eigenvalue weighted by Crippen LogP contribution is 2.38. The maximum atomic E-state index is 9.76. The van der Waals surface area contributed by atoms with Crippen LogP contribution in [0.5, 0.6) is 0 Å². The van der Waals surface area contributed by atoms with Gasteiger partial charge in [0.15, 0.2) is 0 Å². The van der Waals surface area contributed by atoms with Crippen LogP contribution in [0.4, 0.5) is 0 Å². The first-order chi connectivity index (χ1) is 6.00. The van der Waals surface area contributed by atoms with E-state index in [9.17, 15) is 5.11 Å². The molecule has 0 amide bonds. The van der Waals surface area contributed by atoms with Crippen LogP contribution in [0.25, 0.3) is 0 Å². The van der Waals surface area contributed by atoms with E-state index in [-0.39, 0.29) is 11.6 Å². The zero-order valence-electron chi connectivity index (χ0n) is 8.53. The largest absolute Gasteiger partial charge is 0.393 e. The molecule has 1 aliphatic carbocycles. The SMILES string of the molecule is CC(C)N1C[C@@H]2C[C@@](N)(C[C@@H]2O)C1. The van der Waals surface area contributed by atoms with E-state index in [4.69, 9.17) is 5.73 Å². The highest BCUT2D eigenvalue weighted by Gasteiger charge is 2.47. The highest BCUT2D eigenvalue weighted by molar-refractivity contribution is 5.05. The van der Waals surface area contributed by atoms with E-state index in [1.54, 1.807) is 0 Å². The molecule has 2 aliphatic rings. The van der Waals surface area contributed by atoms with Crippen LogP contribution in [0.3, 0.4) is 0 Å². The Labute approximate surface area is 79.9 Å². The van der Waals surface area contributed by atoms with Gasteiger partial charge in [0.25, 0.3) is 0 Å². The summed E-state index contributed by atoms with van der Waals surface area (Å²) in [6.45, 7) is 6.37. The van der Waals surface area contributed by atoms with E-state index in [1.807, 2.05) is 0 Å². The Balaban J connectivity index is 2.11. The van der Waals surface area contributed by atoms with Gasteiger partial charge in [0.2, 0.25) is 0 Å². The minimum Gasteiger partial charge on any atom is -0.393 e. The van der Waals surface area contributed by atoms with Crippen LogP contribution < -0.4 is 5.73 Å². The Morgan fingerprint density at radius 2 is 2.15 bits per heavy atom. The van der Waals surface area contributed by atoms with Crippen molar-refractivity contribution >= 4 is 0 Å². The van der Waals surface area contributed by atoms with Crippen LogP contribution in [0, 0.1) is 5.92 Å². The summed E-state index contributed by atoms with van der Waals surface area (Å²) in [7, 11) is 0. The van der Waals surface area contributed by atoms with Crippen molar-refractivity contribution in [3.63, 3.8) is 0 Å². The topological polar surface area (TPSA) is 49.5 Å². The fourth-order valence-electron chi connectivity index (χ4n) is 2.80. The van der Waals surface area contributed by atoms with Gasteiger partial charge < -0.3 is 10.8 Å². The molecule has 0 unspecified atom stereocenters. The van der Waals surface area contributed by atoms with Gasteiger partial charge in [0.1, 0.15) is 0 Å². The Hall–Kier alpha value is -0.120. The van der Waals surface area contributed by atoms with Gasteiger partial charge >= 0.3 is 0 Å². The van der Waals surface area contributed by atoms with Crippen LogP contribution >= 0.6 is 0 Å². The molecule has 3 heteroatoms. The second-order valence-corrected chi connectivity index (χ2v) is 5.12. The molecular weight excluding hydrogens is 164 g/mol. The maximum absolute atomic E-state index is 9.76. The summed E-state index contributed by atoms with van der Waals surface area (Å²) in [4.78, 5) is 2.39. The number of fused-ring (bicyclic) bond motifs is 2. The van der Waals surface area contributed by atoms with Crippen LogP contribution in [0.2, 0.25) is 0 Å². The molecule has 0 spiro atoms. The first-order valence-corrected chi connectivity index (χ1v) is 5.21. The Morgan fingerprint density at radius 1 is 1.46 bits per heavy atom. The monoisotopic (exact) mass is 184 g/mol. The quantitative estimate of drug-likeness (QED) is 0.611. The summed E-state index contributed by atoms with van der Waals surface area (Å²) in [5.41, 5.74) is 6.11. The smallest absolute Gasteiger partial charge is 0.0599 e. The minimum atomic E-state index is -0.159. The van der Waals surface area contributed by atoms with Crippen molar-refractivity contribution < 1.29 is 5.11 Å². The zero-order valence-corrected chi connectivity index (χ0v) is 8.53. The summed E-state index contributed by atoms with van der Waals surface area (Å²) in [5, 5.41) is 9.76. The maximum Gasteiger partial charge on any atom is 0.0599 e. The zero-order chi connectivity index (χ0) is 9.64. The summed E-state index contributed by atoms with van der Waals surface area (Å²) in [5.74, 6) is 0.418. The normalized spacial score (nSPS) is 45.9. The Kier molecular flexibility index (Phi) is 2.13. The number of aliphatic hydroxyl groups excluding tert-OH is 1. The Bertz CT molecular complexity index is 203. The average molecular weight is 184 g/mol.